The van der Waals surface area contributed by atoms with E-state index in [-0.39, 0.29) is 36.7 Å². The Kier molecular flexibility index (Phi) is 6.09. The second-order valence-electron chi connectivity index (χ2n) is 5.80. The summed E-state index contributed by atoms with van der Waals surface area (Å²) in [6, 6.07) is 0.0657. The van der Waals surface area contributed by atoms with Crippen molar-refractivity contribution in [3.63, 3.8) is 0 Å². The monoisotopic (exact) mass is 257 g/mol. The number of ether oxygens (including phenoxy) is 1. The van der Waals surface area contributed by atoms with Gasteiger partial charge in [-0.05, 0) is 39.0 Å². The van der Waals surface area contributed by atoms with Gasteiger partial charge in [-0.15, -0.1) is 0 Å². The van der Waals surface area contributed by atoms with Crippen molar-refractivity contribution in [3.05, 3.63) is 0 Å². The Morgan fingerprint density at radius 2 is 1.89 bits per heavy atom. The SMILES string of the molecule is CC1CC(C(=O)NC(CCO)C(C)C)CC(C)O1. The van der Waals surface area contributed by atoms with E-state index in [2.05, 4.69) is 19.2 Å². The second kappa shape index (κ2) is 7.10. The quantitative estimate of drug-likeness (QED) is 0.788. The van der Waals surface area contributed by atoms with Gasteiger partial charge >= 0.3 is 0 Å². The van der Waals surface area contributed by atoms with Gasteiger partial charge in [0.2, 0.25) is 5.91 Å². The minimum Gasteiger partial charge on any atom is -0.396 e. The van der Waals surface area contributed by atoms with Gasteiger partial charge in [0.15, 0.2) is 0 Å². The van der Waals surface area contributed by atoms with Gasteiger partial charge in [-0.3, -0.25) is 4.79 Å². The molecule has 4 nitrogen and oxygen atoms in total. The molecule has 0 radical (unpaired) electrons. The zero-order valence-electron chi connectivity index (χ0n) is 12.0. The third-order valence-corrected chi connectivity index (χ3v) is 3.64. The maximum atomic E-state index is 12.2. The van der Waals surface area contributed by atoms with Crippen LogP contribution in [0.15, 0.2) is 0 Å². The Morgan fingerprint density at radius 1 is 1.33 bits per heavy atom. The van der Waals surface area contributed by atoms with Gasteiger partial charge < -0.3 is 15.2 Å². The van der Waals surface area contributed by atoms with Crippen molar-refractivity contribution < 1.29 is 14.6 Å². The molecule has 1 fully saturated rings. The lowest BCUT2D eigenvalue weighted by atomic mass is 9.90. The van der Waals surface area contributed by atoms with Crippen molar-refractivity contribution >= 4 is 5.91 Å². The molecule has 0 spiro atoms. The Balaban J connectivity index is 2.52. The van der Waals surface area contributed by atoms with E-state index in [1.165, 1.54) is 0 Å². The van der Waals surface area contributed by atoms with Crippen LogP contribution in [-0.4, -0.2) is 35.9 Å². The number of aliphatic hydroxyl groups is 1. The van der Waals surface area contributed by atoms with Gasteiger partial charge in [-0.2, -0.15) is 0 Å². The molecule has 2 N–H and O–H groups in total. The molecule has 0 aromatic carbocycles. The summed E-state index contributed by atoms with van der Waals surface area (Å²) in [4.78, 5) is 12.2. The average Bonchev–Trinajstić information content (AvgIpc) is 2.26. The zero-order chi connectivity index (χ0) is 13.7. The molecular formula is C14H27NO3. The number of carbonyl (C=O) groups is 1. The number of hydrogen-bond acceptors (Lipinski definition) is 3. The highest BCUT2D eigenvalue weighted by Crippen LogP contribution is 2.25. The fraction of sp³-hybridized carbons (Fsp3) is 0.929. The van der Waals surface area contributed by atoms with Crippen LogP contribution in [0.25, 0.3) is 0 Å². The van der Waals surface area contributed by atoms with Crippen molar-refractivity contribution in [2.24, 2.45) is 11.8 Å². The van der Waals surface area contributed by atoms with Gasteiger partial charge in [0.1, 0.15) is 0 Å². The van der Waals surface area contributed by atoms with E-state index >= 15 is 0 Å². The molecule has 0 aliphatic carbocycles. The lowest BCUT2D eigenvalue weighted by Gasteiger charge is -2.33. The largest absolute Gasteiger partial charge is 0.396 e. The first-order valence-corrected chi connectivity index (χ1v) is 7.00. The first kappa shape index (κ1) is 15.4. The van der Waals surface area contributed by atoms with E-state index in [9.17, 15) is 4.79 Å². The maximum Gasteiger partial charge on any atom is 0.223 e. The summed E-state index contributed by atoms with van der Waals surface area (Å²) >= 11 is 0. The molecule has 1 saturated heterocycles. The van der Waals surface area contributed by atoms with Gasteiger partial charge in [-0.25, -0.2) is 0 Å². The number of carbonyl (C=O) groups excluding carboxylic acids is 1. The van der Waals surface area contributed by atoms with Crippen molar-refractivity contribution in [3.8, 4) is 0 Å². The summed E-state index contributed by atoms with van der Waals surface area (Å²) in [6.45, 7) is 8.28. The van der Waals surface area contributed by atoms with Gasteiger partial charge in [0.05, 0.1) is 12.2 Å². The molecule has 1 rings (SSSR count). The molecule has 0 aromatic heterocycles. The lowest BCUT2D eigenvalue weighted by molar-refractivity contribution is -0.134. The number of amides is 1. The fourth-order valence-corrected chi connectivity index (χ4v) is 2.63. The summed E-state index contributed by atoms with van der Waals surface area (Å²) in [5, 5.41) is 12.1. The van der Waals surface area contributed by atoms with E-state index in [4.69, 9.17) is 9.84 Å². The molecule has 106 valence electrons. The topological polar surface area (TPSA) is 58.6 Å². The molecule has 3 unspecified atom stereocenters. The van der Waals surface area contributed by atoms with Crippen LogP contribution >= 0.6 is 0 Å². The second-order valence-corrected chi connectivity index (χ2v) is 5.80. The van der Waals surface area contributed by atoms with Crippen LogP contribution < -0.4 is 5.32 Å². The van der Waals surface area contributed by atoms with E-state index in [1.807, 2.05) is 13.8 Å². The third kappa shape index (κ3) is 4.58. The van der Waals surface area contributed by atoms with E-state index in [0.29, 0.717) is 12.3 Å². The normalized spacial score (nSPS) is 30.2. The molecule has 4 heteroatoms. The summed E-state index contributed by atoms with van der Waals surface area (Å²) in [6.07, 6.45) is 2.51. The smallest absolute Gasteiger partial charge is 0.223 e. The van der Waals surface area contributed by atoms with E-state index in [0.717, 1.165) is 12.8 Å². The molecule has 1 amide bonds. The Bertz CT molecular complexity index is 258. The van der Waals surface area contributed by atoms with Crippen LogP contribution in [0.5, 0.6) is 0 Å². The number of nitrogens with one attached hydrogen (secondary N) is 1. The molecule has 0 bridgehead atoms. The van der Waals surface area contributed by atoms with Crippen LogP contribution in [0.2, 0.25) is 0 Å². The van der Waals surface area contributed by atoms with Crippen LogP contribution in [0.3, 0.4) is 0 Å². The molecule has 0 saturated carbocycles. The van der Waals surface area contributed by atoms with Crippen LogP contribution in [-0.2, 0) is 9.53 Å². The van der Waals surface area contributed by atoms with Gasteiger partial charge in [-0.1, -0.05) is 13.8 Å². The molecule has 0 aromatic rings. The maximum absolute atomic E-state index is 12.2. The first-order valence-electron chi connectivity index (χ1n) is 7.00. The number of rotatable bonds is 5. The minimum absolute atomic E-state index is 0.0451. The van der Waals surface area contributed by atoms with Crippen LogP contribution in [0.1, 0.15) is 47.0 Å². The fourth-order valence-electron chi connectivity index (χ4n) is 2.63. The van der Waals surface area contributed by atoms with E-state index < -0.39 is 0 Å². The predicted octanol–water partition coefficient (Wildman–Crippen LogP) is 1.71. The summed E-state index contributed by atoms with van der Waals surface area (Å²) in [5.41, 5.74) is 0. The van der Waals surface area contributed by atoms with Gasteiger partial charge in [0.25, 0.3) is 0 Å². The summed E-state index contributed by atoms with van der Waals surface area (Å²) in [7, 11) is 0. The van der Waals surface area contributed by atoms with Crippen molar-refractivity contribution in [1.29, 1.82) is 0 Å². The van der Waals surface area contributed by atoms with Crippen molar-refractivity contribution in [2.75, 3.05) is 6.61 Å². The van der Waals surface area contributed by atoms with Gasteiger partial charge in [0, 0.05) is 18.6 Å². The minimum atomic E-state index is 0.0451. The highest BCUT2D eigenvalue weighted by molar-refractivity contribution is 5.79. The van der Waals surface area contributed by atoms with Crippen LogP contribution in [0, 0.1) is 11.8 Å². The Hall–Kier alpha value is -0.610. The van der Waals surface area contributed by atoms with E-state index in [1.54, 1.807) is 0 Å². The van der Waals surface area contributed by atoms with Crippen LogP contribution in [0.4, 0.5) is 0 Å². The first-order chi connectivity index (χ1) is 8.43. The highest BCUT2D eigenvalue weighted by atomic mass is 16.5. The zero-order valence-corrected chi connectivity index (χ0v) is 12.0. The molecule has 1 heterocycles. The third-order valence-electron chi connectivity index (χ3n) is 3.64. The summed E-state index contributed by atoms with van der Waals surface area (Å²) < 4.78 is 5.65. The molecule has 1 aliphatic rings. The Morgan fingerprint density at radius 3 is 2.33 bits per heavy atom. The average molecular weight is 257 g/mol. The molecular weight excluding hydrogens is 230 g/mol. The molecule has 3 atom stereocenters. The highest BCUT2D eigenvalue weighted by Gasteiger charge is 2.30. The molecule has 18 heavy (non-hydrogen) atoms. The van der Waals surface area contributed by atoms with Crippen molar-refractivity contribution in [1.82, 2.24) is 5.32 Å². The lowest BCUT2D eigenvalue weighted by Crippen LogP contribution is -2.45. The number of hydrogen-bond donors (Lipinski definition) is 2. The predicted molar refractivity (Wildman–Crippen MR) is 71.2 cm³/mol. The van der Waals surface area contributed by atoms with Crippen molar-refractivity contribution in [2.45, 2.75) is 65.2 Å². The standard InChI is InChI=1S/C14H27NO3/c1-9(2)13(5-6-16)15-14(17)12-7-10(3)18-11(4)8-12/h9-13,16H,5-8H2,1-4H3,(H,15,17). The number of aliphatic hydroxyl groups excluding tert-OH is 1. The Labute approximate surface area is 110 Å². The summed E-state index contributed by atoms with van der Waals surface area (Å²) in [5.74, 6) is 0.503. The molecule has 1 aliphatic heterocycles.